The summed E-state index contributed by atoms with van der Waals surface area (Å²) in [6.07, 6.45) is 0. The number of halogens is 1. The highest BCUT2D eigenvalue weighted by Gasteiger charge is 2.14. The summed E-state index contributed by atoms with van der Waals surface area (Å²) < 4.78 is 20.8. The number of nitriles is 1. The van der Waals surface area contributed by atoms with Gasteiger partial charge in [0.15, 0.2) is 0 Å². The van der Waals surface area contributed by atoms with Gasteiger partial charge in [-0.1, -0.05) is 0 Å². The molecule has 0 saturated heterocycles. The highest BCUT2D eigenvalue weighted by atomic mass is 19.1. The highest BCUT2D eigenvalue weighted by molar-refractivity contribution is 5.82. The molecule has 0 aliphatic rings. The van der Waals surface area contributed by atoms with Gasteiger partial charge in [-0.05, 0) is 30.3 Å². The van der Waals surface area contributed by atoms with Crippen molar-refractivity contribution in [3.05, 3.63) is 47.8 Å². The predicted molar refractivity (Wildman–Crippen MR) is 76.7 cm³/mol. The van der Waals surface area contributed by atoms with Crippen LogP contribution in [0.15, 0.2) is 36.4 Å². The van der Waals surface area contributed by atoms with Gasteiger partial charge in [0, 0.05) is 6.07 Å². The predicted octanol–water partition coefficient (Wildman–Crippen LogP) is 2.63. The van der Waals surface area contributed by atoms with E-state index in [0.29, 0.717) is 16.8 Å². The van der Waals surface area contributed by atoms with Gasteiger partial charge in [-0.2, -0.15) is 5.26 Å². The number of aromatic nitrogens is 2. The molecule has 0 spiro atoms. The van der Waals surface area contributed by atoms with Crippen LogP contribution in [0.3, 0.4) is 0 Å². The molecule has 1 aromatic heterocycles. The van der Waals surface area contributed by atoms with Gasteiger partial charge in [0.2, 0.25) is 5.95 Å². The van der Waals surface area contributed by atoms with Crippen molar-refractivity contribution in [2.45, 2.75) is 0 Å². The second-order valence-corrected chi connectivity index (χ2v) is 4.44. The molecule has 0 radical (unpaired) electrons. The fraction of sp³-hybridized carbons (Fsp3) is 0.0667. The van der Waals surface area contributed by atoms with Gasteiger partial charge in [0.25, 0.3) is 0 Å². The van der Waals surface area contributed by atoms with E-state index >= 15 is 0 Å². The van der Waals surface area contributed by atoms with E-state index in [1.807, 2.05) is 6.07 Å². The van der Waals surface area contributed by atoms with Gasteiger partial charge in [-0.15, -0.1) is 0 Å². The lowest BCUT2D eigenvalue weighted by molar-refractivity contribution is 0.415. The largest absolute Gasteiger partial charge is 0.497 e. The molecule has 104 valence electrons. The summed E-state index contributed by atoms with van der Waals surface area (Å²) in [6.45, 7) is 0. The molecular formula is C15H11FN4O. The van der Waals surface area contributed by atoms with Crippen LogP contribution < -0.4 is 10.5 Å². The number of rotatable bonds is 2. The number of hydrogen-bond acceptors (Lipinski definition) is 4. The molecule has 3 aromatic rings. The van der Waals surface area contributed by atoms with E-state index in [2.05, 4.69) is 4.98 Å². The van der Waals surface area contributed by atoms with Crippen LogP contribution in [0, 0.1) is 17.1 Å². The molecule has 0 saturated carbocycles. The Kier molecular flexibility index (Phi) is 2.95. The second-order valence-electron chi connectivity index (χ2n) is 4.44. The summed E-state index contributed by atoms with van der Waals surface area (Å²) in [6, 6.07) is 11.3. The number of imidazole rings is 1. The van der Waals surface area contributed by atoms with Crippen molar-refractivity contribution in [2.24, 2.45) is 0 Å². The summed E-state index contributed by atoms with van der Waals surface area (Å²) in [5, 5.41) is 8.79. The Balaban J connectivity index is 2.25. The first-order valence-electron chi connectivity index (χ1n) is 6.16. The summed E-state index contributed by atoms with van der Waals surface area (Å²) in [4.78, 5) is 4.21. The molecule has 2 N–H and O–H groups in total. The third kappa shape index (κ3) is 2.05. The molecule has 3 rings (SSSR count). The maximum atomic E-state index is 14.2. The molecule has 2 aromatic carbocycles. The molecule has 0 unspecified atom stereocenters. The Hall–Kier alpha value is -3.07. The molecule has 6 heteroatoms. The van der Waals surface area contributed by atoms with Crippen molar-refractivity contribution in [3.63, 3.8) is 0 Å². The number of anilines is 1. The SMILES string of the molecule is COc1ccc2c(c1)nc(N)n2-c1ccc(C#N)cc1F. The van der Waals surface area contributed by atoms with Crippen molar-refractivity contribution in [3.8, 4) is 17.5 Å². The summed E-state index contributed by atoms with van der Waals surface area (Å²) in [5.74, 6) is 0.283. The minimum atomic E-state index is -0.532. The maximum Gasteiger partial charge on any atom is 0.206 e. The highest BCUT2D eigenvalue weighted by Crippen LogP contribution is 2.27. The Bertz CT molecular complexity index is 879. The van der Waals surface area contributed by atoms with Crippen LogP contribution >= 0.6 is 0 Å². The zero-order valence-electron chi connectivity index (χ0n) is 11.2. The minimum absolute atomic E-state index is 0.168. The number of methoxy groups -OCH3 is 1. The quantitative estimate of drug-likeness (QED) is 0.783. The Morgan fingerprint density at radius 1 is 1.29 bits per heavy atom. The number of benzene rings is 2. The van der Waals surface area contributed by atoms with Crippen LogP contribution in [0.25, 0.3) is 16.7 Å². The van der Waals surface area contributed by atoms with Crippen LogP contribution in [0.5, 0.6) is 5.75 Å². The van der Waals surface area contributed by atoms with Gasteiger partial charge in [-0.25, -0.2) is 9.37 Å². The van der Waals surface area contributed by atoms with Crippen LogP contribution in [0.2, 0.25) is 0 Å². The van der Waals surface area contributed by atoms with E-state index in [1.54, 1.807) is 25.3 Å². The Morgan fingerprint density at radius 3 is 2.76 bits per heavy atom. The molecule has 0 bridgehead atoms. The minimum Gasteiger partial charge on any atom is -0.497 e. The van der Waals surface area contributed by atoms with E-state index in [4.69, 9.17) is 15.7 Å². The Labute approximate surface area is 120 Å². The molecule has 0 aliphatic heterocycles. The third-order valence-electron chi connectivity index (χ3n) is 3.21. The molecule has 5 nitrogen and oxygen atoms in total. The molecule has 0 aliphatic carbocycles. The fourth-order valence-electron chi connectivity index (χ4n) is 2.22. The third-order valence-corrected chi connectivity index (χ3v) is 3.21. The number of nitrogens with zero attached hydrogens (tertiary/aromatic N) is 3. The van der Waals surface area contributed by atoms with E-state index in [0.717, 1.165) is 0 Å². The van der Waals surface area contributed by atoms with Crippen molar-refractivity contribution in [2.75, 3.05) is 12.8 Å². The monoisotopic (exact) mass is 282 g/mol. The lowest BCUT2D eigenvalue weighted by atomic mass is 10.2. The van der Waals surface area contributed by atoms with E-state index in [1.165, 1.54) is 22.8 Å². The zero-order chi connectivity index (χ0) is 15.0. The molecule has 0 atom stereocenters. The summed E-state index contributed by atoms with van der Waals surface area (Å²) in [7, 11) is 1.56. The van der Waals surface area contributed by atoms with Crippen molar-refractivity contribution < 1.29 is 9.13 Å². The van der Waals surface area contributed by atoms with E-state index in [9.17, 15) is 4.39 Å². The first-order chi connectivity index (χ1) is 10.1. The Morgan fingerprint density at radius 2 is 2.10 bits per heavy atom. The van der Waals surface area contributed by atoms with Gasteiger partial charge < -0.3 is 10.5 Å². The van der Waals surface area contributed by atoms with Crippen molar-refractivity contribution in [1.29, 1.82) is 5.26 Å². The van der Waals surface area contributed by atoms with Gasteiger partial charge in [0.1, 0.15) is 11.6 Å². The van der Waals surface area contributed by atoms with Crippen LogP contribution in [0.1, 0.15) is 5.56 Å². The van der Waals surface area contributed by atoms with Gasteiger partial charge in [0.05, 0.1) is 35.5 Å². The normalized spacial score (nSPS) is 10.5. The van der Waals surface area contributed by atoms with E-state index < -0.39 is 5.82 Å². The molecule has 0 fully saturated rings. The number of nitrogens with two attached hydrogens (primary N) is 1. The first kappa shape index (κ1) is 12.9. The topological polar surface area (TPSA) is 76.9 Å². The van der Waals surface area contributed by atoms with Crippen LogP contribution in [0.4, 0.5) is 10.3 Å². The number of fused-ring (bicyclic) bond motifs is 1. The zero-order valence-corrected chi connectivity index (χ0v) is 11.2. The number of ether oxygens (including phenoxy) is 1. The van der Waals surface area contributed by atoms with Crippen molar-refractivity contribution >= 4 is 17.0 Å². The number of nitrogen functional groups attached to an aromatic ring is 1. The average Bonchev–Trinajstić information content (AvgIpc) is 2.82. The number of hydrogen-bond donors (Lipinski definition) is 1. The molecular weight excluding hydrogens is 271 g/mol. The smallest absolute Gasteiger partial charge is 0.206 e. The standard InChI is InChI=1S/C15H11FN4O/c1-21-10-3-5-14-12(7-10)19-15(18)20(14)13-4-2-9(8-17)6-11(13)16/h2-7H,1H3,(H2,18,19). The average molecular weight is 282 g/mol. The van der Waals surface area contributed by atoms with Gasteiger partial charge >= 0.3 is 0 Å². The van der Waals surface area contributed by atoms with Crippen molar-refractivity contribution in [1.82, 2.24) is 9.55 Å². The van der Waals surface area contributed by atoms with Gasteiger partial charge in [-0.3, -0.25) is 4.57 Å². The molecule has 21 heavy (non-hydrogen) atoms. The molecule has 0 amide bonds. The summed E-state index contributed by atoms with van der Waals surface area (Å²) in [5.41, 5.74) is 7.67. The lowest BCUT2D eigenvalue weighted by Crippen LogP contribution is -2.03. The van der Waals surface area contributed by atoms with Crippen LogP contribution in [-0.2, 0) is 0 Å². The first-order valence-corrected chi connectivity index (χ1v) is 6.16. The van der Waals surface area contributed by atoms with Crippen LogP contribution in [-0.4, -0.2) is 16.7 Å². The second kappa shape index (κ2) is 4.80. The maximum absolute atomic E-state index is 14.2. The lowest BCUT2D eigenvalue weighted by Gasteiger charge is -2.08. The summed E-state index contributed by atoms with van der Waals surface area (Å²) >= 11 is 0. The van der Waals surface area contributed by atoms with E-state index in [-0.39, 0.29) is 17.2 Å². The fourth-order valence-corrected chi connectivity index (χ4v) is 2.22. The molecule has 1 heterocycles.